The van der Waals surface area contributed by atoms with Gasteiger partial charge in [0.1, 0.15) is 12.0 Å². The Morgan fingerprint density at radius 2 is 2.40 bits per heavy atom. The van der Waals surface area contributed by atoms with Gasteiger partial charge in [-0.05, 0) is 40.9 Å². The summed E-state index contributed by atoms with van der Waals surface area (Å²) in [4.78, 5) is 18.9. The molecule has 2 aliphatic heterocycles. The van der Waals surface area contributed by atoms with Gasteiger partial charge in [-0.3, -0.25) is 4.79 Å². The molecule has 0 saturated carbocycles. The Morgan fingerprint density at radius 3 is 3.15 bits per heavy atom. The van der Waals surface area contributed by atoms with Crippen LogP contribution in [-0.4, -0.2) is 41.5 Å². The summed E-state index contributed by atoms with van der Waals surface area (Å²) in [5, 5.41) is 3.99. The topological polar surface area (TPSA) is 58.4 Å². The zero-order chi connectivity index (χ0) is 13.7. The number of carbonyl (C=O) groups is 1. The molecule has 1 N–H and O–H groups in total. The van der Waals surface area contributed by atoms with Crippen molar-refractivity contribution in [2.24, 2.45) is 5.92 Å². The number of aromatic nitrogens is 1. The molecule has 5 nitrogen and oxygen atoms in total. The van der Waals surface area contributed by atoms with Crippen LogP contribution in [-0.2, 0) is 0 Å². The Hall–Kier alpha value is -1.40. The van der Waals surface area contributed by atoms with Crippen molar-refractivity contribution in [3.8, 4) is 0 Å². The highest BCUT2D eigenvalue weighted by atomic mass is 79.9. The Kier molecular flexibility index (Phi) is 2.82. The van der Waals surface area contributed by atoms with E-state index in [2.05, 4.69) is 31.1 Å². The molecule has 1 amide bonds. The standard InChI is InChI=1S/C14H14BrN3O2/c15-10-7-20-13-4-16-11(3-9(10)13)14(19)17-12-6-18-2-1-8(12)5-18/h3-4,7-8,12H,1-2,5-6H2,(H,17,19)/t8-,12+/m1/s1. The van der Waals surface area contributed by atoms with Crippen molar-refractivity contribution < 1.29 is 9.21 Å². The number of carbonyl (C=O) groups excluding carboxylic acids is 1. The van der Waals surface area contributed by atoms with Crippen LogP contribution in [0, 0.1) is 5.92 Å². The van der Waals surface area contributed by atoms with E-state index >= 15 is 0 Å². The maximum absolute atomic E-state index is 12.3. The van der Waals surface area contributed by atoms with E-state index in [1.807, 2.05) is 0 Å². The van der Waals surface area contributed by atoms with E-state index in [0.29, 0.717) is 17.2 Å². The van der Waals surface area contributed by atoms with Gasteiger partial charge in [-0.1, -0.05) is 0 Å². The largest absolute Gasteiger partial charge is 0.461 e. The van der Waals surface area contributed by atoms with Gasteiger partial charge < -0.3 is 14.6 Å². The molecule has 2 fully saturated rings. The second kappa shape index (κ2) is 4.56. The van der Waals surface area contributed by atoms with Crippen molar-refractivity contribution in [1.82, 2.24) is 15.2 Å². The van der Waals surface area contributed by atoms with E-state index in [1.165, 1.54) is 13.0 Å². The highest BCUT2D eigenvalue weighted by Crippen LogP contribution is 2.28. The monoisotopic (exact) mass is 335 g/mol. The first-order chi connectivity index (χ1) is 9.70. The summed E-state index contributed by atoms with van der Waals surface area (Å²) in [7, 11) is 0. The molecule has 2 aromatic rings. The van der Waals surface area contributed by atoms with Gasteiger partial charge in [-0.2, -0.15) is 0 Å². The number of pyridine rings is 1. The van der Waals surface area contributed by atoms with Crippen molar-refractivity contribution in [2.75, 3.05) is 19.6 Å². The Morgan fingerprint density at radius 1 is 1.50 bits per heavy atom. The van der Waals surface area contributed by atoms with Crippen LogP contribution in [0.3, 0.4) is 0 Å². The lowest BCUT2D eigenvalue weighted by Crippen LogP contribution is -2.43. The van der Waals surface area contributed by atoms with Gasteiger partial charge >= 0.3 is 0 Å². The number of fused-ring (bicyclic) bond motifs is 3. The first kappa shape index (κ1) is 12.3. The predicted molar refractivity (Wildman–Crippen MR) is 77.5 cm³/mol. The number of hydrogen-bond donors (Lipinski definition) is 1. The van der Waals surface area contributed by atoms with Gasteiger partial charge in [0.15, 0.2) is 5.58 Å². The van der Waals surface area contributed by atoms with E-state index in [9.17, 15) is 4.79 Å². The van der Waals surface area contributed by atoms with E-state index in [-0.39, 0.29) is 11.9 Å². The molecule has 0 radical (unpaired) electrons. The molecule has 6 heteroatoms. The van der Waals surface area contributed by atoms with Gasteiger partial charge in [0.05, 0.1) is 10.7 Å². The van der Waals surface area contributed by atoms with Crippen LogP contribution in [0.1, 0.15) is 16.9 Å². The van der Waals surface area contributed by atoms with Crippen LogP contribution in [0.25, 0.3) is 11.0 Å². The van der Waals surface area contributed by atoms with E-state index in [1.54, 1.807) is 18.5 Å². The van der Waals surface area contributed by atoms with Gasteiger partial charge in [0.25, 0.3) is 5.91 Å². The molecule has 4 rings (SSSR count). The van der Waals surface area contributed by atoms with Crippen molar-refractivity contribution in [1.29, 1.82) is 0 Å². The summed E-state index contributed by atoms with van der Waals surface area (Å²) in [6.45, 7) is 3.25. The number of nitrogens with one attached hydrogen (secondary N) is 1. The second-order valence-electron chi connectivity index (χ2n) is 5.54. The molecule has 2 aromatic heterocycles. The number of piperidine rings is 1. The number of hydrogen-bond acceptors (Lipinski definition) is 4. The Bertz CT molecular complexity index is 684. The van der Waals surface area contributed by atoms with Crippen molar-refractivity contribution >= 4 is 32.8 Å². The maximum Gasteiger partial charge on any atom is 0.270 e. The number of halogens is 1. The summed E-state index contributed by atoms with van der Waals surface area (Å²) >= 11 is 3.40. The quantitative estimate of drug-likeness (QED) is 0.912. The van der Waals surface area contributed by atoms with Gasteiger partial charge in [0.2, 0.25) is 0 Å². The number of rotatable bonds is 2. The fourth-order valence-electron chi connectivity index (χ4n) is 3.22. The first-order valence-electron chi connectivity index (χ1n) is 6.76. The first-order valence-corrected chi connectivity index (χ1v) is 7.56. The third-order valence-corrected chi connectivity index (χ3v) is 4.91. The van der Waals surface area contributed by atoms with Gasteiger partial charge in [-0.15, -0.1) is 0 Å². The molecule has 2 bridgehead atoms. The molecule has 2 saturated heterocycles. The smallest absolute Gasteiger partial charge is 0.270 e. The molecule has 2 aliphatic rings. The van der Waals surface area contributed by atoms with Crippen LogP contribution in [0.5, 0.6) is 0 Å². The van der Waals surface area contributed by atoms with Gasteiger partial charge in [-0.25, -0.2) is 4.98 Å². The Labute approximate surface area is 124 Å². The van der Waals surface area contributed by atoms with Crippen molar-refractivity contribution in [2.45, 2.75) is 12.5 Å². The Balaban J connectivity index is 1.56. The zero-order valence-electron chi connectivity index (χ0n) is 10.8. The van der Waals surface area contributed by atoms with E-state index in [4.69, 9.17) is 4.42 Å². The normalized spacial score (nSPS) is 28.1. The van der Waals surface area contributed by atoms with Crippen molar-refractivity contribution in [3.63, 3.8) is 0 Å². The molecule has 0 aliphatic carbocycles. The minimum absolute atomic E-state index is 0.0984. The number of amides is 1. The average Bonchev–Trinajstić information content (AvgIpc) is 3.15. The van der Waals surface area contributed by atoms with Crippen molar-refractivity contribution in [3.05, 3.63) is 28.7 Å². The summed E-state index contributed by atoms with van der Waals surface area (Å²) in [6.07, 6.45) is 4.39. The number of nitrogens with zero attached hydrogens (tertiary/aromatic N) is 2. The lowest BCUT2D eigenvalue weighted by Gasteiger charge is -2.22. The van der Waals surface area contributed by atoms with Crippen LogP contribution in [0.15, 0.2) is 27.4 Å². The summed E-state index contributed by atoms with van der Waals surface area (Å²) in [6, 6.07) is 2.03. The van der Waals surface area contributed by atoms with Crippen LogP contribution in [0.2, 0.25) is 0 Å². The van der Waals surface area contributed by atoms with Gasteiger partial charge in [0, 0.05) is 24.5 Å². The molecule has 0 spiro atoms. The maximum atomic E-state index is 12.3. The summed E-state index contributed by atoms with van der Waals surface area (Å²) in [5.41, 5.74) is 1.12. The highest BCUT2D eigenvalue weighted by Gasteiger charge is 2.38. The second-order valence-corrected chi connectivity index (χ2v) is 6.39. The lowest BCUT2D eigenvalue weighted by molar-refractivity contribution is 0.0919. The third-order valence-electron chi connectivity index (χ3n) is 4.30. The number of furan rings is 1. The van der Waals surface area contributed by atoms with Crippen LogP contribution >= 0.6 is 15.9 Å². The molecule has 1 unspecified atom stereocenters. The van der Waals surface area contributed by atoms with Crippen LogP contribution in [0.4, 0.5) is 0 Å². The third kappa shape index (κ3) is 1.94. The summed E-state index contributed by atoms with van der Waals surface area (Å²) in [5.74, 6) is 0.502. The fraction of sp³-hybridized carbons (Fsp3) is 0.429. The highest BCUT2D eigenvalue weighted by molar-refractivity contribution is 9.10. The van der Waals surface area contributed by atoms with E-state index < -0.39 is 0 Å². The predicted octanol–water partition coefficient (Wildman–Crippen LogP) is 2.02. The lowest BCUT2D eigenvalue weighted by atomic mass is 10.00. The molecule has 104 valence electrons. The summed E-state index contributed by atoms with van der Waals surface area (Å²) < 4.78 is 6.15. The SMILES string of the molecule is O=C(N[C@H]1CN2CC[C@@H]1C2)c1cc2c(Br)coc2cn1. The van der Waals surface area contributed by atoms with Crippen LogP contribution < -0.4 is 5.32 Å². The molecule has 4 heterocycles. The fourth-order valence-corrected chi connectivity index (χ4v) is 3.62. The average molecular weight is 336 g/mol. The zero-order valence-corrected chi connectivity index (χ0v) is 12.4. The molecule has 3 atom stereocenters. The molecular weight excluding hydrogens is 322 g/mol. The minimum Gasteiger partial charge on any atom is -0.461 e. The molecule has 0 aromatic carbocycles. The molecular formula is C14H14BrN3O2. The van der Waals surface area contributed by atoms with E-state index in [0.717, 1.165) is 22.9 Å². The molecule has 20 heavy (non-hydrogen) atoms. The minimum atomic E-state index is -0.0984.